The lowest BCUT2D eigenvalue weighted by Crippen LogP contribution is -2.35. The zero-order valence-corrected chi connectivity index (χ0v) is 11.3. The molecule has 0 heterocycles. The first kappa shape index (κ1) is 15.8. The maximum absolute atomic E-state index is 12.1. The van der Waals surface area contributed by atoms with Gasteiger partial charge < -0.3 is 10.1 Å². The molecule has 1 atom stereocenters. The minimum Gasteiger partial charge on any atom is -0.383 e. The van der Waals surface area contributed by atoms with Gasteiger partial charge in [0.25, 0.3) is 5.91 Å². The minimum atomic E-state index is -4.32. The van der Waals surface area contributed by atoms with Crippen LogP contribution in [0.1, 0.15) is 17.3 Å². The van der Waals surface area contributed by atoms with Crippen molar-refractivity contribution in [1.29, 1.82) is 0 Å². The maximum atomic E-state index is 12.1. The van der Waals surface area contributed by atoms with Gasteiger partial charge in [0.2, 0.25) is 0 Å². The molecule has 1 aromatic rings. The molecule has 0 aromatic heterocycles. The maximum Gasteiger partial charge on any atom is 0.446 e. The van der Waals surface area contributed by atoms with Crippen LogP contribution in [0.25, 0.3) is 0 Å². The van der Waals surface area contributed by atoms with Crippen molar-refractivity contribution in [2.75, 3.05) is 13.7 Å². The van der Waals surface area contributed by atoms with Crippen molar-refractivity contribution in [3.05, 3.63) is 29.8 Å². The molecule has 19 heavy (non-hydrogen) atoms. The summed E-state index contributed by atoms with van der Waals surface area (Å²) in [6.45, 7) is 2.14. The van der Waals surface area contributed by atoms with Crippen molar-refractivity contribution in [3.8, 4) is 0 Å². The Labute approximate surface area is 113 Å². The number of benzene rings is 1. The van der Waals surface area contributed by atoms with Crippen molar-refractivity contribution in [2.45, 2.75) is 23.4 Å². The van der Waals surface area contributed by atoms with E-state index < -0.39 is 5.51 Å². The molecule has 0 saturated carbocycles. The Kier molecular flexibility index (Phi) is 5.68. The molecule has 0 aliphatic rings. The molecule has 1 rings (SSSR count). The van der Waals surface area contributed by atoms with E-state index in [1.165, 1.54) is 31.4 Å². The van der Waals surface area contributed by atoms with Gasteiger partial charge in [-0.2, -0.15) is 13.2 Å². The molecule has 1 amide bonds. The number of ether oxygens (including phenoxy) is 1. The average molecular weight is 293 g/mol. The second-order valence-electron chi connectivity index (χ2n) is 3.90. The van der Waals surface area contributed by atoms with E-state index in [-0.39, 0.29) is 28.6 Å². The summed E-state index contributed by atoms with van der Waals surface area (Å²) < 4.78 is 41.3. The number of alkyl halides is 3. The molecule has 0 radical (unpaired) electrons. The fraction of sp³-hybridized carbons (Fsp3) is 0.417. The number of halogens is 3. The van der Waals surface area contributed by atoms with Gasteiger partial charge in [0, 0.05) is 23.6 Å². The van der Waals surface area contributed by atoms with Crippen LogP contribution in [0.15, 0.2) is 29.2 Å². The van der Waals surface area contributed by atoms with Gasteiger partial charge in [0.15, 0.2) is 0 Å². The molecule has 0 saturated heterocycles. The highest BCUT2D eigenvalue weighted by molar-refractivity contribution is 8.00. The lowest BCUT2D eigenvalue weighted by atomic mass is 10.2. The minimum absolute atomic E-state index is 0.0500. The number of carbonyl (C=O) groups is 1. The van der Waals surface area contributed by atoms with E-state index in [0.717, 1.165) is 0 Å². The Morgan fingerprint density at radius 1 is 1.37 bits per heavy atom. The molecule has 1 N–H and O–H groups in total. The van der Waals surface area contributed by atoms with Crippen LogP contribution < -0.4 is 5.32 Å². The van der Waals surface area contributed by atoms with Crippen molar-refractivity contribution in [2.24, 2.45) is 0 Å². The number of nitrogens with one attached hydrogen (secondary N) is 1. The molecule has 0 fully saturated rings. The van der Waals surface area contributed by atoms with Gasteiger partial charge in [-0.05, 0) is 43.0 Å². The molecule has 1 unspecified atom stereocenters. The number of amides is 1. The molecule has 7 heteroatoms. The topological polar surface area (TPSA) is 38.3 Å². The highest BCUT2D eigenvalue weighted by Crippen LogP contribution is 2.36. The van der Waals surface area contributed by atoms with Crippen LogP contribution in [-0.2, 0) is 4.74 Å². The lowest BCUT2D eigenvalue weighted by Gasteiger charge is -2.13. The molecule has 0 aliphatic carbocycles. The van der Waals surface area contributed by atoms with E-state index in [4.69, 9.17) is 4.74 Å². The summed E-state index contributed by atoms with van der Waals surface area (Å²) in [6.07, 6.45) is 0. The number of rotatable bonds is 5. The third-order valence-electron chi connectivity index (χ3n) is 2.14. The Bertz CT molecular complexity index is 420. The molecular formula is C12H14F3NO2S. The van der Waals surface area contributed by atoms with E-state index in [2.05, 4.69) is 5.32 Å². The molecule has 106 valence electrons. The van der Waals surface area contributed by atoms with Crippen LogP contribution in [0, 0.1) is 0 Å². The zero-order chi connectivity index (χ0) is 14.5. The quantitative estimate of drug-likeness (QED) is 0.848. The molecular weight excluding hydrogens is 279 g/mol. The van der Waals surface area contributed by atoms with Crippen LogP contribution in [0.4, 0.5) is 13.2 Å². The monoisotopic (exact) mass is 293 g/mol. The normalized spacial score (nSPS) is 13.1. The van der Waals surface area contributed by atoms with Crippen molar-refractivity contribution < 1.29 is 22.7 Å². The summed E-state index contributed by atoms with van der Waals surface area (Å²) in [5, 5.41) is 2.67. The highest BCUT2D eigenvalue weighted by atomic mass is 32.2. The first-order chi connectivity index (χ1) is 8.81. The lowest BCUT2D eigenvalue weighted by molar-refractivity contribution is -0.0328. The molecule has 3 nitrogen and oxygen atoms in total. The van der Waals surface area contributed by atoms with Crippen LogP contribution >= 0.6 is 11.8 Å². The molecule has 0 spiro atoms. The highest BCUT2D eigenvalue weighted by Gasteiger charge is 2.29. The van der Waals surface area contributed by atoms with Gasteiger partial charge in [-0.1, -0.05) is 0 Å². The standard InChI is InChI=1S/C12H14F3NO2S/c1-8(7-18-2)16-11(17)9-3-5-10(6-4-9)19-12(13,14)15/h3-6,8H,7H2,1-2H3,(H,16,17). The van der Waals surface area contributed by atoms with Gasteiger partial charge in [-0.3, -0.25) is 4.79 Å². The van der Waals surface area contributed by atoms with Gasteiger partial charge in [-0.25, -0.2) is 0 Å². The Balaban J connectivity index is 2.63. The SMILES string of the molecule is COCC(C)NC(=O)c1ccc(SC(F)(F)F)cc1. The van der Waals surface area contributed by atoms with Crippen molar-refractivity contribution >= 4 is 17.7 Å². The number of hydrogen-bond acceptors (Lipinski definition) is 3. The second-order valence-corrected chi connectivity index (χ2v) is 5.04. The zero-order valence-electron chi connectivity index (χ0n) is 10.5. The van der Waals surface area contributed by atoms with E-state index in [1.807, 2.05) is 0 Å². The smallest absolute Gasteiger partial charge is 0.383 e. The first-order valence-electron chi connectivity index (χ1n) is 5.47. The Morgan fingerprint density at radius 2 is 1.95 bits per heavy atom. The van der Waals surface area contributed by atoms with Crippen LogP contribution in [0.5, 0.6) is 0 Å². The average Bonchev–Trinajstić information content (AvgIpc) is 2.27. The van der Waals surface area contributed by atoms with Gasteiger partial charge in [0.1, 0.15) is 0 Å². The predicted octanol–water partition coefficient (Wildman–Crippen LogP) is 3.06. The first-order valence-corrected chi connectivity index (χ1v) is 6.29. The van der Waals surface area contributed by atoms with E-state index in [1.54, 1.807) is 6.92 Å². The van der Waals surface area contributed by atoms with Crippen LogP contribution in [-0.4, -0.2) is 31.2 Å². The van der Waals surface area contributed by atoms with E-state index in [0.29, 0.717) is 12.2 Å². The molecule has 1 aromatic carbocycles. The third kappa shape index (κ3) is 5.98. The fourth-order valence-electron chi connectivity index (χ4n) is 1.41. The fourth-order valence-corrected chi connectivity index (χ4v) is 1.95. The summed E-state index contributed by atoms with van der Waals surface area (Å²) >= 11 is -0.209. The Morgan fingerprint density at radius 3 is 2.42 bits per heavy atom. The molecule has 0 bridgehead atoms. The number of carbonyl (C=O) groups excluding carboxylic acids is 1. The third-order valence-corrected chi connectivity index (χ3v) is 2.88. The molecule has 0 aliphatic heterocycles. The van der Waals surface area contributed by atoms with E-state index >= 15 is 0 Å². The number of thioether (sulfide) groups is 1. The van der Waals surface area contributed by atoms with Crippen molar-refractivity contribution in [3.63, 3.8) is 0 Å². The Hall–Kier alpha value is -1.21. The predicted molar refractivity (Wildman–Crippen MR) is 67.2 cm³/mol. The summed E-state index contributed by atoms with van der Waals surface area (Å²) in [5.41, 5.74) is -4.01. The summed E-state index contributed by atoms with van der Waals surface area (Å²) in [7, 11) is 1.52. The largest absolute Gasteiger partial charge is 0.446 e. The summed E-state index contributed by atoms with van der Waals surface area (Å²) in [6, 6.07) is 5.11. The van der Waals surface area contributed by atoms with E-state index in [9.17, 15) is 18.0 Å². The number of methoxy groups -OCH3 is 1. The van der Waals surface area contributed by atoms with Gasteiger partial charge in [0.05, 0.1) is 6.61 Å². The summed E-state index contributed by atoms with van der Waals surface area (Å²) in [5.74, 6) is -0.340. The van der Waals surface area contributed by atoms with Gasteiger partial charge in [-0.15, -0.1) is 0 Å². The van der Waals surface area contributed by atoms with Crippen LogP contribution in [0.2, 0.25) is 0 Å². The summed E-state index contributed by atoms with van der Waals surface area (Å²) in [4.78, 5) is 11.8. The second kappa shape index (κ2) is 6.81. The van der Waals surface area contributed by atoms with Crippen LogP contribution in [0.3, 0.4) is 0 Å². The van der Waals surface area contributed by atoms with Gasteiger partial charge >= 0.3 is 5.51 Å². The number of hydrogen-bond donors (Lipinski definition) is 1. The van der Waals surface area contributed by atoms with Crippen molar-refractivity contribution in [1.82, 2.24) is 5.32 Å².